The highest BCUT2D eigenvalue weighted by atomic mass is 32.2. The van der Waals surface area contributed by atoms with Gasteiger partial charge in [-0.3, -0.25) is 0 Å². The van der Waals surface area contributed by atoms with Gasteiger partial charge >= 0.3 is 0 Å². The van der Waals surface area contributed by atoms with E-state index >= 15 is 0 Å². The Morgan fingerprint density at radius 3 is 2.91 bits per heavy atom. The first kappa shape index (κ1) is 9.36. The third-order valence-electron chi connectivity index (χ3n) is 1.95. The molecule has 0 aliphatic carbocycles. The summed E-state index contributed by atoms with van der Waals surface area (Å²) in [4.78, 5) is 0. The zero-order valence-corrected chi connectivity index (χ0v) is 7.93. The molecule has 0 aromatic carbocycles. The maximum Gasteiger partial charge on any atom is 0.0928 e. The number of thioether (sulfide) groups is 1. The molecule has 1 N–H and O–H groups in total. The molecule has 0 aromatic rings. The Hall–Kier alpha value is 0.270. The van der Waals surface area contributed by atoms with Crippen molar-refractivity contribution in [3.8, 4) is 0 Å². The van der Waals surface area contributed by atoms with Gasteiger partial charge in [-0.05, 0) is 19.1 Å². The van der Waals surface area contributed by atoms with E-state index in [1.807, 2.05) is 11.8 Å². The zero-order valence-electron chi connectivity index (χ0n) is 7.12. The van der Waals surface area contributed by atoms with Crippen LogP contribution >= 0.6 is 11.8 Å². The molecule has 0 amide bonds. The maximum atomic E-state index is 8.94. The predicted molar refractivity (Wildman–Crippen MR) is 48.0 cm³/mol. The summed E-state index contributed by atoms with van der Waals surface area (Å²) in [6, 6.07) is 0. The third kappa shape index (κ3) is 2.36. The van der Waals surface area contributed by atoms with Crippen LogP contribution in [0.4, 0.5) is 0 Å². The van der Waals surface area contributed by atoms with Crippen molar-refractivity contribution in [2.75, 3.05) is 12.4 Å². The maximum absolute atomic E-state index is 8.94. The lowest BCUT2D eigenvalue weighted by Crippen LogP contribution is -2.22. The van der Waals surface area contributed by atoms with Gasteiger partial charge in [-0.2, -0.15) is 11.8 Å². The van der Waals surface area contributed by atoms with Crippen LogP contribution in [0.15, 0.2) is 0 Å². The Labute approximate surface area is 72.3 Å². The van der Waals surface area contributed by atoms with Crippen LogP contribution in [0.3, 0.4) is 0 Å². The van der Waals surface area contributed by atoms with Crippen LogP contribution in [0.5, 0.6) is 0 Å². The van der Waals surface area contributed by atoms with Gasteiger partial charge in [0.25, 0.3) is 0 Å². The SMILES string of the molecule is CCS[C@H]1C[C@H](C)O[C@@H]1CO. The molecule has 0 spiro atoms. The summed E-state index contributed by atoms with van der Waals surface area (Å²) in [7, 11) is 0. The Kier molecular flexibility index (Phi) is 3.69. The lowest BCUT2D eigenvalue weighted by atomic mass is 10.2. The molecule has 1 aliphatic rings. The van der Waals surface area contributed by atoms with Gasteiger partial charge in [-0.1, -0.05) is 6.92 Å². The highest BCUT2D eigenvalue weighted by molar-refractivity contribution is 7.99. The lowest BCUT2D eigenvalue weighted by molar-refractivity contribution is 0.0212. The van der Waals surface area contributed by atoms with Crippen LogP contribution in [-0.2, 0) is 4.74 Å². The Morgan fingerprint density at radius 2 is 2.36 bits per heavy atom. The van der Waals surface area contributed by atoms with Gasteiger partial charge in [0.15, 0.2) is 0 Å². The summed E-state index contributed by atoms with van der Waals surface area (Å²) >= 11 is 1.89. The Bertz CT molecular complexity index is 119. The standard InChI is InChI=1S/C8H16O2S/c1-3-11-8-4-6(2)10-7(8)5-9/h6-9H,3-5H2,1-2H3/t6-,7+,8-/m0/s1. The van der Waals surface area contributed by atoms with Crippen molar-refractivity contribution in [2.45, 2.75) is 37.7 Å². The Balaban J connectivity index is 2.37. The topological polar surface area (TPSA) is 29.5 Å². The van der Waals surface area contributed by atoms with E-state index < -0.39 is 0 Å². The van der Waals surface area contributed by atoms with Crippen LogP contribution in [0.2, 0.25) is 0 Å². The average Bonchev–Trinajstić information content (AvgIpc) is 2.32. The van der Waals surface area contributed by atoms with E-state index in [1.54, 1.807) is 0 Å². The van der Waals surface area contributed by atoms with Crippen molar-refractivity contribution in [2.24, 2.45) is 0 Å². The van der Waals surface area contributed by atoms with E-state index in [0.29, 0.717) is 11.4 Å². The van der Waals surface area contributed by atoms with Crippen LogP contribution in [0.1, 0.15) is 20.3 Å². The van der Waals surface area contributed by atoms with E-state index in [9.17, 15) is 0 Å². The lowest BCUT2D eigenvalue weighted by Gasteiger charge is -2.13. The van der Waals surface area contributed by atoms with E-state index in [-0.39, 0.29) is 12.7 Å². The molecule has 0 saturated carbocycles. The highest BCUT2D eigenvalue weighted by Gasteiger charge is 2.31. The summed E-state index contributed by atoms with van der Waals surface area (Å²) in [6.07, 6.45) is 1.50. The van der Waals surface area contributed by atoms with E-state index in [2.05, 4.69) is 13.8 Å². The minimum absolute atomic E-state index is 0.0787. The number of hydrogen-bond acceptors (Lipinski definition) is 3. The number of hydrogen-bond donors (Lipinski definition) is 1. The normalized spacial score (nSPS) is 37.9. The molecule has 3 atom stereocenters. The first-order valence-corrected chi connectivity index (χ1v) is 5.20. The van der Waals surface area contributed by atoms with Crippen LogP contribution in [-0.4, -0.2) is 34.9 Å². The van der Waals surface area contributed by atoms with E-state index in [1.165, 1.54) is 0 Å². The van der Waals surface area contributed by atoms with E-state index in [0.717, 1.165) is 12.2 Å². The van der Waals surface area contributed by atoms with Crippen molar-refractivity contribution in [1.29, 1.82) is 0 Å². The van der Waals surface area contributed by atoms with Crippen molar-refractivity contribution in [1.82, 2.24) is 0 Å². The molecule has 0 bridgehead atoms. The van der Waals surface area contributed by atoms with Gasteiger partial charge in [0.05, 0.1) is 18.8 Å². The molecule has 0 radical (unpaired) electrons. The molecular formula is C8H16O2S. The molecule has 1 fully saturated rings. The second-order valence-corrected chi connectivity index (χ2v) is 4.41. The van der Waals surface area contributed by atoms with Crippen molar-refractivity contribution in [3.05, 3.63) is 0 Å². The number of aliphatic hydroxyl groups excluding tert-OH is 1. The molecule has 11 heavy (non-hydrogen) atoms. The molecule has 1 saturated heterocycles. The van der Waals surface area contributed by atoms with Gasteiger partial charge < -0.3 is 9.84 Å². The number of rotatable bonds is 3. The van der Waals surface area contributed by atoms with Gasteiger partial charge in [0, 0.05) is 5.25 Å². The highest BCUT2D eigenvalue weighted by Crippen LogP contribution is 2.29. The van der Waals surface area contributed by atoms with Gasteiger partial charge in [0.2, 0.25) is 0 Å². The first-order chi connectivity index (χ1) is 5.27. The quantitative estimate of drug-likeness (QED) is 0.702. The fraction of sp³-hybridized carbons (Fsp3) is 1.00. The summed E-state index contributed by atoms with van der Waals surface area (Å²) in [6.45, 7) is 4.38. The molecule has 0 unspecified atom stereocenters. The zero-order chi connectivity index (χ0) is 8.27. The fourth-order valence-corrected chi connectivity index (χ4v) is 2.67. The van der Waals surface area contributed by atoms with Gasteiger partial charge in [-0.25, -0.2) is 0 Å². The smallest absolute Gasteiger partial charge is 0.0928 e. The molecule has 1 rings (SSSR count). The molecule has 3 heteroatoms. The first-order valence-electron chi connectivity index (χ1n) is 4.15. The molecule has 0 aromatic heterocycles. The molecule has 66 valence electrons. The second-order valence-electron chi connectivity index (χ2n) is 2.90. The van der Waals surface area contributed by atoms with Crippen molar-refractivity contribution in [3.63, 3.8) is 0 Å². The predicted octanol–water partition coefficient (Wildman–Crippen LogP) is 1.28. The third-order valence-corrected chi connectivity index (χ3v) is 3.20. The van der Waals surface area contributed by atoms with Crippen LogP contribution < -0.4 is 0 Å². The summed E-state index contributed by atoms with van der Waals surface area (Å²) in [5.74, 6) is 1.11. The Morgan fingerprint density at radius 1 is 1.64 bits per heavy atom. The van der Waals surface area contributed by atoms with Crippen molar-refractivity contribution < 1.29 is 9.84 Å². The molecule has 2 nitrogen and oxygen atoms in total. The van der Waals surface area contributed by atoms with Crippen LogP contribution in [0.25, 0.3) is 0 Å². The van der Waals surface area contributed by atoms with Crippen LogP contribution in [0, 0.1) is 0 Å². The van der Waals surface area contributed by atoms with E-state index in [4.69, 9.17) is 9.84 Å². The van der Waals surface area contributed by atoms with Gasteiger partial charge in [0.1, 0.15) is 0 Å². The summed E-state index contributed by atoms with van der Waals surface area (Å²) in [5.41, 5.74) is 0. The minimum Gasteiger partial charge on any atom is -0.394 e. The fourth-order valence-electron chi connectivity index (χ4n) is 1.47. The number of ether oxygens (including phenoxy) is 1. The average molecular weight is 176 g/mol. The second kappa shape index (κ2) is 4.33. The minimum atomic E-state index is 0.0787. The summed E-state index contributed by atoms with van der Waals surface area (Å²) < 4.78 is 5.50. The van der Waals surface area contributed by atoms with Crippen molar-refractivity contribution >= 4 is 11.8 Å². The van der Waals surface area contributed by atoms with Gasteiger partial charge in [-0.15, -0.1) is 0 Å². The molecule has 1 heterocycles. The number of aliphatic hydroxyl groups is 1. The largest absolute Gasteiger partial charge is 0.394 e. The monoisotopic (exact) mass is 176 g/mol. The summed E-state index contributed by atoms with van der Waals surface area (Å²) in [5, 5.41) is 9.46. The molecule has 1 aliphatic heterocycles. The molecular weight excluding hydrogens is 160 g/mol.